The predicted octanol–water partition coefficient (Wildman–Crippen LogP) is 3.46. The average molecular weight is 252 g/mol. The van der Waals surface area contributed by atoms with Gasteiger partial charge in [-0.3, -0.25) is 10.1 Å². The molecule has 1 aromatic rings. The van der Waals surface area contributed by atoms with Gasteiger partial charge in [0.05, 0.1) is 4.92 Å². The first-order chi connectivity index (χ1) is 8.16. The molecule has 2 N–H and O–H groups in total. The summed E-state index contributed by atoms with van der Waals surface area (Å²) in [5, 5.41) is 10.6. The lowest BCUT2D eigenvalue weighted by atomic mass is 10.1. The van der Waals surface area contributed by atoms with Crippen LogP contribution in [-0.4, -0.2) is 10.7 Å². The van der Waals surface area contributed by atoms with Crippen LogP contribution >= 0.6 is 11.8 Å². The molecule has 0 amide bonds. The minimum atomic E-state index is -0.444. The van der Waals surface area contributed by atoms with Crippen molar-refractivity contribution in [1.82, 2.24) is 0 Å². The van der Waals surface area contributed by atoms with Crippen LogP contribution in [0, 0.1) is 16.0 Å². The fourth-order valence-corrected chi connectivity index (χ4v) is 3.32. The second kappa shape index (κ2) is 5.40. The van der Waals surface area contributed by atoms with Crippen molar-refractivity contribution >= 4 is 23.1 Å². The van der Waals surface area contributed by atoms with Gasteiger partial charge in [-0.25, -0.2) is 0 Å². The number of nitrogen functional groups attached to an aromatic ring is 1. The van der Waals surface area contributed by atoms with E-state index in [-0.39, 0.29) is 11.4 Å². The van der Waals surface area contributed by atoms with Crippen molar-refractivity contribution in [3.63, 3.8) is 0 Å². The summed E-state index contributed by atoms with van der Waals surface area (Å²) in [7, 11) is 0. The number of hydrogen-bond donors (Lipinski definition) is 1. The van der Waals surface area contributed by atoms with Gasteiger partial charge in [0.2, 0.25) is 0 Å². The van der Waals surface area contributed by atoms with Gasteiger partial charge in [0.1, 0.15) is 5.69 Å². The van der Waals surface area contributed by atoms with Crippen molar-refractivity contribution in [3.8, 4) is 0 Å². The summed E-state index contributed by atoms with van der Waals surface area (Å²) in [4.78, 5) is 11.2. The maximum Gasteiger partial charge on any atom is 0.292 e. The molecule has 0 aliphatic heterocycles. The zero-order chi connectivity index (χ0) is 12.3. The average Bonchev–Trinajstić information content (AvgIpc) is 2.78. The fraction of sp³-hybridized carbons (Fsp3) is 0.500. The van der Waals surface area contributed by atoms with Gasteiger partial charge in [0.15, 0.2) is 0 Å². The molecule has 0 saturated heterocycles. The molecule has 1 aliphatic rings. The van der Waals surface area contributed by atoms with Crippen LogP contribution < -0.4 is 5.73 Å². The Morgan fingerprint density at radius 3 is 2.71 bits per heavy atom. The number of thioether (sulfide) groups is 1. The van der Waals surface area contributed by atoms with Crippen LogP contribution in [0.3, 0.4) is 0 Å². The van der Waals surface area contributed by atoms with Crippen LogP contribution in [0.5, 0.6) is 0 Å². The highest BCUT2D eigenvalue weighted by Crippen LogP contribution is 2.33. The Balaban J connectivity index is 1.97. The highest BCUT2D eigenvalue weighted by atomic mass is 32.2. The van der Waals surface area contributed by atoms with Crippen LogP contribution in [0.1, 0.15) is 25.7 Å². The van der Waals surface area contributed by atoms with E-state index in [0.29, 0.717) is 0 Å². The first kappa shape index (κ1) is 12.2. The molecule has 1 fully saturated rings. The molecule has 1 saturated carbocycles. The molecular formula is C12H16N2O2S. The molecule has 0 radical (unpaired) electrons. The third kappa shape index (κ3) is 3.12. The van der Waals surface area contributed by atoms with Gasteiger partial charge in [-0.15, -0.1) is 11.8 Å². The second-order valence-electron chi connectivity index (χ2n) is 4.44. The van der Waals surface area contributed by atoms with E-state index in [1.165, 1.54) is 31.7 Å². The van der Waals surface area contributed by atoms with Crippen molar-refractivity contribution in [3.05, 3.63) is 28.3 Å². The number of nitrogens with two attached hydrogens (primary N) is 1. The third-order valence-electron chi connectivity index (χ3n) is 3.16. The molecule has 5 heteroatoms. The normalized spacial score (nSPS) is 16.2. The molecule has 17 heavy (non-hydrogen) atoms. The summed E-state index contributed by atoms with van der Waals surface area (Å²) in [6.07, 6.45) is 5.31. The number of rotatable bonds is 4. The Kier molecular flexibility index (Phi) is 3.89. The van der Waals surface area contributed by atoms with Crippen LogP contribution in [0.25, 0.3) is 0 Å². The molecule has 92 valence electrons. The molecule has 0 unspecified atom stereocenters. The molecule has 0 heterocycles. The van der Waals surface area contributed by atoms with E-state index in [2.05, 4.69) is 0 Å². The number of hydrogen-bond acceptors (Lipinski definition) is 4. The highest BCUT2D eigenvalue weighted by Gasteiger charge is 2.16. The molecule has 0 aromatic heterocycles. The standard InChI is InChI=1S/C12H16N2O2S/c13-11-7-10(5-6-12(11)14(15)16)17-8-9-3-1-2-4-9/h5-7,9H,1-4,8,13H2. The Morgan fingerprint density at radius 2 is 2.12 bits per heavy atom. The van der Waals surface area contributed by atoms with E-state index >= 15 is 0 Å². The van der Waals surface area contributed by atoms with Gasteiger partial charge in [0.25, 0.3) is 5.69 Å². The van der Waals surface area contributed by atoms with Crippen LogP contribution in [0.2, 0.25) is 0 Å². The third-order valence-corrected chi connectivity index (χ3v) is 4.38. The van der Waals surface area contributed by atoms with Crippen LogP contribution in [-0.2, 0) is 0 Å². The summed E-state index contributed by atoms with van der Waals surface area (Å²) in [6, 6.07) is 4.98. The molecule has 1 aliphatic carbocycles. The van der Waals surface area contributed by atoms with E-state index in [1.807, 2.05) is 0 Å². The van der Waals surface area contributed by atoms with E-state index in [9.17, 15) is 10.1 Å². The zero-order valence-electron chi connectivity index (χ0n) is 9.59. The van der Waals surface area contributed by atoms with Crippen LogP contribution in [0.15, 0.2) is 23.1 Å². The van der Waals surface area contributed by atoms with Crippen molar-refractivity contribution in [2.75, 3.05) is 11.5 Å². The van der Waals surface area contributed by atoms with Crippen molar-refractivity contribution < 1.29 is 4.92 Å². The van der Waals surface area contributed by atoms with Crippen LogP contribution in [0.4, 0.5) is 11.4 Å². The SMILES string of the molecule is Nc1cc(SCC2CCCC2)ccc1[N+](=O)[O-]. The number of benzene rings is 1. The summed E-state index contributed by atoms with van der Waals surface area (Å²) in [6.45, 7) is 0. The van der Waals surface area contributed by atoms with Gasteiger partial charge >= 0.3 is 0 Å². The van der Waals surface area contributed by atoms with Gasteiger partial charge in [-0.05, 0) is 30.9 Å². The Morgan fingerprint density at radius 1 is 1.41 bits per heavy atom. The van der Waals surface area contributed by atoms with Gasteiger partial charge in [-0.2, -0.15) is 0 Å². The molecule has 0 spiro atoms. The molecule has 2 rings (SSSR count). The largest absolute Gasteiger partial charge is 0.393 e. The summed E-state index contributed by atoms with van der Waals surface area (Å²) < 4.78 is 0. The monoisotopic (exact) mass is 252 g/mol. The first-order valence-corrected chi connectivity index (χ1v) is 6.82. The maximum atomic E-state index is 10.6. The number of nitro benzene ring substituents is 1. The van der Waals surface area contributed by atoms with E-state index < -0.39 is 4.92 Å². The molecule has 0 atom stereocenters. The lowest BCUT2D eigenvalue weighted by Crippen LogP contribution is -1.98. The minimum Gasteiger partial charge on any atom is -0.393 e. The summed E-state index contributed by atoms with van der Waals surface area (Å²) >= 11 is 1.75. The minimum absolute atomic E-state index is 0.00443. The quantitative estimate of drug-likeness (QED) is 0.385. The summed E-state index contributed by atoms with van der Waals surface area (Å²) in [5.74, 6) is 1.90. The van der Waals surface area contributed by atoms with Gasteiger partial charge in [0, 0.05) is 16.7 Å². The van der Waals surface area contributed by atoms with E-state index in [4.69, 9.17) is 5.73 Å². The maximum absolute atomic E-state index is 10.6. The lowest BCUT2D eigenvalue weighted by Gasteiger charge is -2.08. The zero-order valence-corrected chi connectivity index (χ0v) is 10.4. The summed E-state index contributed by atoms with van der Waals surface area (Å²) in [5.41, 5.74) is 5.90. The lowest BCUT2D eigenvalue weighted by molar-refractivity contribution is -0.383. The van der Waals surface area contributed by atoms with Crippen molar-refractivity contribution in [2.24, 2.45) is 5.92 Å². The molecular weight excluding hydrogens is 236 g/mol. The van der Waals surface area contributed by atoms with Gasteiger partial charge in [-0.1, -0.05) is 12.8 Å². The Hall–Kier alpha value is -1.23. The Labute approximate surface area is 105 Å². The predicted molar refractivity (Wildman–Crippen MR) is 70.2 cm³/mol. The number of nitro groups is 1. The number of anilines is 1. The van der Waals surface area contributed by atoms with Gasteiger partial charge < -0.3 is 5.73 Å². The van der Waals surface area contributed by atoms with Crippen molar-refractivity contribution in [2.45, 2.75) is 30.6 Å². The number of nitrogens with zero attached hydrogens (tertiary/aromatic N) is 1. The smallest absolute Gasteiger partial charge is 0.292 e. The fourth-order valence-electron chi connectivity index (χ4n) is 2.18. The second-order valence-corrected chi connectivity index (χ2v) is 5.53. The topological polar surface area (TPSA) is 69.2 Å². The van der Waals surface area contributed by atoms with E-state index in [1.54, 1.807) is 23.9 Å². The first-order valence-electron chi connectivity index (χ1n) is 5.83. The Bertz CT molecular complexity index is 417. The molecule has 0 bridgehead atoms. The highest BCUT2D eigenvalue weighted by molar-refractivity contribution is 7.99. The molecule has 4 nitrogen and oxygen atoms in total. The molecule has 1 aromatic carbocycles. The van der Waals surface area contributed by atoms with Crippen molar-refractivity contribution in [1.29, 1.82) is 0 Å². The van der Waals surface area contributed by atoms with E-state index in [0.717, 1.165) is 16.6 Å².